The normalized spacial score (nSPS) is 11.8. The van der Waals surface area contributed by atoms with Crippen molar-refractivity contribution in [1.82, 2.24) is 10.3 Å². The average Bonchev–Trinajstić information content (AvgIpc) is 3.14. The van der Waals surface area contributed by atoms with Crippen LogP contribution in [0.5, 0.6) is 0 Å². The first-order chi connectivity index (χ1) is 13.2. The van der Waals surface area contributed by atoms with Crippen molar-refractivity contribution in [2.24, 2.45) is 0 Å². The minimum atomic E-state index is -3.75. The van der Waals surface area contributed by atoms with Crippen molar-refractivity contribution in [2.75, 3.05) is 4.72 Å². The molecule has 0 aliphatic carbocycles. The molecule has 28 heavy (non-hydrogen) atoms. The van der Waals surface area contributed by atoms with Crippen molar-refractivity contribution < 1.29 is 13.2 Å². The quantitative estimate of drug-likeness (QED) is 0.605. The fourth-order valence-corrected chi connectivity index (χ4v) is 4.44. The molecule has 0 atom stereocenters. The van der Waals surface area contributed by atoms with Crippen LogP contribution in [-0.2, 0) is 15.6 Å². The van der Waals surface area contributed by atoms with Crippen LogP contribution in [0.15, 0.2) is 65.0 Å². The summed E-state index contributed by atoms with van der Waals surface area (Å²) in [4.78, 5) is 16.6. The number of rotatable bonds is 6. The number of amides is 1. The van der Waals surface area contributed by atoms with Crippen molar-refractivity contribution in [2.45, 2.75) is 24.3 Å². The molecular formula is C19H18ClN3O3S2. The Bertz CT molecular complexity index is 1060. The van der Waals surface area contributed by atoms with E-state index in [0.29, 0.717) is 10.6 Å². The highest BCUT2D eigenvalue weighted by molar-refractivity contribution is 7.93. The van der Waals surface area contributed by atoms with Gasteiger partial charge in [0, 0.05) is 22.2 Å². The molecule has 0 spiro atoms. The molecule has 1 amide bonds. The summed E-state index contributed by atoms with van der Waals surface area (Å²) >= 11 is 7.10. The molecule has 0 fully saturated rings. The van der Waals surface area contributed by atoms with Gasteiger partial charge in [-0.25, -0.2) is 13.4 Å². The summed E-state index contributed by atoms with van der Waals surface area (Å²) in [5.74, 6) is -0.309. The Balaban J connectivity index is 1.73. The van der Waals surface area contributed by atoms with Gasteiger partial charge >= 0.3 is 0 Å². The highest BCUT2D eigenvalue weighted by Gasteiger charge is 2.24. The summed E-state index contributed by atoms with van der Waals surface area (Å²) in [6, 6.07) is 13.0. The van der Waals surface area contributed by atoms with Gasteiger partial charge in [-0.2, -0.15) is 0 Å². The van der Waals surface area contributed by atoms with Crippen molar-refractivity contribution >= 4 is 44.0 Å². The number of nitrogens with zero attached hydrogens (tertiary/aromatic N) is 1. The molecule has 0 saturated carbocycles. The Morgan fingerprint density at radius 1 is 1.07 bits per heavy atom. The Hall–Kier alpha value is -2.42. The molecule has 0 bridgehead atoms. The van der Waals surface area contributed by atoms with E-state index in [9.17, 15) is 13.2 Å². The monoisotopic (exact) mass is 435 g/mol. The minimum absolute atomic E-state index is 0.0520. The number of hydrogen-bond acceptors (Lipinski definition) is 5. The molecule has 0 aliphatic heterocycles. The number of carbonyl (C=O) groups is 1. The topological polar surface area (TPSA) is 88.2 Å². The van der Waals surface area contributed by atoms with Crippen LogP contribution in [0, 0.1) is 0 Å². The largest absolute Gasteiger partial charge is 0.343 e. The predicted molar refractivity (Wildman–Crippen MR) is 111 cm³/mol. The summed E-state index contributed by atoms with van der Waals surface area (Å²) < 4.78 is 27.1. The Kier molecular flexibility index (Phi) is 5.74. The number of sulfonamides is 1. The van der Waals surface area contributed by atoms with Gasteiger partial charge in [0.1, 0.15) is 0 Å². The number of nitrogens with one attached hydrogen (secondary N) is 2. The number of thiazole rings is 1. The zero-order valence-corrected chi connectivity index (χ0v) is 17.5. The Morgan fingerprint density at radius 3 is 2.29 bits per heavy atom. The van der Waals surface area contributed by atoms with Gasteiger partial charge in [0.15, 0.2) is 5.13 Å². The molecule has 2 aromatic carbocycles. The van der Waals surface area contributed by atoms with Gasteiger partial charge in [0.25, 0.3) is 15.9 Å². The van der Waals surface area contributed by atoms with E-state index in [0.717, 1.165) is 5.56 Å². The first-order valence-electron chi connectivity index (χ1n) is 8.28. The van der Waals surface area contributed by atoms with Crippen LogP contribution in [0.2, 0.25) is 5.02 Å². The van der Waals surface area contributed by atoms with E-state index in [2.05, 4.69) is 15.0 Å². The van der Waals surface area contributed by atoms with Crippen LogP contribution in [0.25, 0.3) is 0 Å². The van der Waals surface area contributed by atoms with Gasteiger partial charge in [0.05, 0.1) is 10.4 Å². The minimum Gasteiger partial charge on any atom is -0.343 e. The van der Waals surface area contributed by atoms with E-state index in [1.807, 2.05) is 26.0 Å². The van der Waals surface area contributed by atoms with E-state index in [4.69, 9.17) is 11.6 Å². The van der Waals surface area contributed by atoms with Gasteiger partial charge in [-0.05, 0) is 55.8 Å². The maximum Gasteiger partial charge on any atom is 0.263 e. The van der Waals surface area contributed by atoms with E-state index in [1.54, 1.807) is 17.5 Å². The highest BCUT2D eigenvalue weighted by Crippen LogP contribution is 2.23. The van der Waals surface area contributed by atoms with Crippen LogP contribution in [0.3, 0.4) is 0 Å². The molecule has 3 rings (SSSR count). The third-order valence-electron chi connectivity index (χ3n) is 4.07. The van der Waals surface area contributed by atoms with Crippen molar-refractivity contribution in [3.63, 3.8) is 0 Å². The molecule has 1 heterocycles. The van der Waals surface area contributed by atoms with Crippen LogP contribution in [-0.4, -0.2) is 19.3 Å². The highest BCUT2D eigenvalue weighted by atomic mass is 35.5. The second-order valence-electron chi connectivity index (χ2n) is 6.55. The molecule has 0 unspecified atom stereocenters. The van der Waals surface area contributed by atoms with Crippen LogP contribution in [0.4, 0.5) is 5.13 Å². The van der Waals surface area contributed by atoms with Crippen LogP contribution in [0.1, 0.15) is 29.8 Å². The predicted octanol–water partition coefficient (Wildman–Crippen LogP) is 4.26. The average molecular weight is 436 g/mol. The number of anilines is 1. The number of benzene rings is 2. The van der Waals surface area contributed by atoms with E-state index in [1.165, 1.54) is 41.8 Å². The second kappa shape index (κ2) is 7.90. The second-order valence-corrected chi connectivity index (χ2v) is 9.57. The molecular weight excluding hydrogens is 418 g/mol. The van der Waals surface area contributed by atoms with Gasteiger partial charge in [-0.1, -0.05) is 23.7 Å². The van der Waals surface area contributed by atoms with Crippen LogP contribution < -0.4 is 10.0 Å². The molecule has 146 valence electrons. The van der Waals surface area contributed by atoms with Gasteiger partial charge in [-0.3, -0.25) is 9.52 Å². The third kappa shape index (κ3) is 4.70. The molecule has 0 radical (unpaired) electrons. The Labute approximate surface area is 172 Å². The number of halogens is 1. The van der Waals surface area contributed by atoms with Crippen molar-refractivity contribution in [3.05, 3.63) is 76.3 Å². The zero-order valence-electron chi connectivity index (χ0n) is 15.1. The number of aromatic nitrogens is 1. The molecule has 1 aromatic heterocycles. The van der Waals surface area contributed by atoms with Crippen molar-refractivity contribution in [3.8, 4) is 0 Å². The van der Waals surface area contributed by atoms with Gasteiger partial charge in [0.2, 0.25) is 0 Å². The number of hydrogen-bond donors (Lipinski definition) is 2. The smallest absolute Gasteiger partial charge is 0.263 e. The maximum absolute atomic E-state index is 12.6. The molecule has 9 heteroatoms. The van der Waals surface area contributed by atoms with E-state index < -0.39 is 15.6 Å². The molecule has 0 aliphatic rings. The fourth-order valence-electron chi connectivity index (χ4n) is 2.53. The summed E-state index contributed by atoms with van der Waals surface area (Å²) in [6.07, 6.45) is 1.51. The summed E-state index contributed by atoms with van der Waals surface area (Å²) in [7, 11) is -3.75. The number of carbonyl (C=O) groups excluding carboxylic acids is 1. The first-order valence-corrected chi connectivity index (χ1v) is 11.0. The Morgan fingerprint density at radius 2 is 1.71 bits per heavy atom. The fraction of sp³-hybridized carbons (Fsp3) is 0.158. The summed E-state index contributed by atoms with van der Waals surface area (Å²) in [5, 5.41) is 5.53. The first kappa shape index (κ1) is 20.3. The lowest BCUT2D eigenvalue weighted by Crippen LogP contribution is -2.40. The SMILES string of the molecule is CC(C)(NC(=O)c1ccc(S(=O)(=O)Nc2nccs2)cc1)c1ccc(Cl)cc1. The van der Waals surface area contributed by atoms with E-state index >= 15 is 0 Å². The lowest BCUT2D eigenvalue weighted by atomic mass is 9.94. The standard InChI is InChI=1S/C19H18ClN3O3S2/c1-19(2,14-5-7-15(20)8-6-14)22-17(24)13-3-9-16(10-4-13)28(25,26)23-18-21-11-12-27-18/h3-12H,1-2H3,(H,21,23)(H,22,24). The zero-order chi connectivity index (χ0) is 20.4. The summed E-state index contributed by atoms with van der Waals surface area (Å²) in [5.41, 5.74) is 0.631. The molecule has 3 aromatic rings. The summed E-state index contributed by atoms with van der Waals surface area (Å²) in [6.45, 7) is 3.76. The lowest BCUT2D eigenvalue weighted by Gasteiger charge is -2.27. The molecule has 2 N–H and O–H groups in total. The molecule has 0 saturated heterocycles. The maximum atomic E-state index is 12.6. The molecule has 6 nitrogen and oxygen atoms in total. The van der Waals surface area contributed by atoms with E-state index in [-0.39, 0.29) is 15.9 Å². The van der Waals surface area contributed by atoms with Gasteiger partial charge < -0.3 is 5.32 Å². The van der Waals surface area contributed by atoms with Crippen molar-refractivity contribution in [1.29, 1.82) is 0 Å². The lowest BCUT2D eigenvalue weighted by molar-refractivity contribution is 0.0912. The van der Waals surface area contributed by atoms with Crippen LogP contribution >= 0.6 is 22.9 Å². The third-order valence-corrected chi connectivity index (χ3v) is 6.50. The van der Waals surface area contributed by atoms with Gasteiger partial charge in [-0.15, -0.1) is 11.3 Å².